The van der Waals surface area contributed by atoms with E-state index in [0.29, 0.717) is 12.1 Å². The van der Waals surface area contributed by atoms with Gasteiger partial charge < -0.3 is 10.2 Å². The molecule has 19 heavy (non-hydrogen) atoms. The van der Waals surface area contributed by atoms with Crippen LogP contribution in [0.15, 0.2) is 18.2 Å². The predicted molar refractivity (Wildman–Crippen MR) is 77.7 cm³/mol. The van der Waals surface area contributed by atoms with Crippen LogP contribution in [0.25, 0.3) is 0 Å². The fourth-order valence-corrected chi connectivity index (χ4v) is 2.02. The quantitative estimate of drug-likeness (QED) is 0.799. The number of carbonyl (C=O) groups excluding carboxylic acids is 2. The van der Waals surface area contributed by atoms with Gasteiger partial charge in [0.15, 0.2) is 0 Å². The molecule has 4 heteroatoms. The van der Waals surface area contributed by atoms with Gasteiger partial charge in [-0.15, -0.1) is 0 Å². The van der Waals surface area contributed by atoms with Gasteiger partial charge in [0.05, 0.1) is 6.54 Å². The lowest BCUT2D eigenvalue weighted by molar-refractivity contribution is -0.120. The van der Waals surface area contributed by atoms with E-state index in [9.17, 15) is 9.59 Å². The molecule has 0 saturated carbocycles. The molecule has 0 aromatic heterocycles. The molecule has 1 amide bonds. The Balaban J connectivity index is 2.85. The second kappa shape index (κ2) is 6.92. The Morgan fingerprint density at radius 1 is 1.42 bits per heavy atom. The van der Waals surface area contributed by atoms with Gasteiger partial charge in [0, 0.05) is 23.8 Å². The van der Waals surface area contributed by atoms with Gasteiger partial charge in [0.25, 0.3) is 0 Å². The van der Waals surface area contributed by atoms with E-state index in [0.717, 1.165) is 24.1 Å². The molecule has 0 saturated heterocycles. The first-order valence-corrected chi connectivity index (χ1v) is 6.58. The summed E-state index contributed by atoms with van der Waals surface area (Å²) in [4.78, 5) is 24.6. The van der Waals surface area contributed by atoms with Crippen molar-refractivity contribution in [3.8, 4) is 0 Å². The number of nitrogens with one attached hydrogen (secondary N) is 1. The number of aldehydes is 1. The minimum absolute atomic E-state index is 0.00992. The van der Waals surface area contributed by atoms with Crippen LogP contribution in [0.2, 0.25) is 0 Å². The molecule has 1 N–H and O–H groups in total. The van der Waals surface area contributed by atoms with Gasteiger partial charge in [0.2, 0.25) is 5.91 Å². The first-order valence-electron chi connectivity index (χ1n) is 6.58. The van der Waals surface area contributed by atoms with Crippen LogP contribution < -0.4 is 10.2 Å². The maximum atomic E-state index is 11.8. The number of aryl methyl sites for hydroxylation is 1. The number of likely N-dealkylation sites (N-methyl/N-ethyl adjacent to an activating group) is 1. The van der Waals surface area contributed by atoms with Crippen LogP contribution in [0.5, 0.6) is 0 Å². The van der Waals surface area contributed by atoms with E-state index in [1.165, 1.54) is 0 Å². The first kappa shape index (κ1) is 15.2. The molecule has 1 aromatic carbocycles. The molecule has 1 rings (SSSR count). The van der Waals surface area contributed by atoms with Gasteiger partial charge in [-0.05, 0) is 51.5 Å². The molecule has 0 aliphatic rings. The van der Waals surface area contributed by atoms with Crippen LogP contribution in [0.3, 0.4) is 0 Å². The minimum Gasteiger partial charge on any atom is -0.362 e. The van der Waals surface area contributed by atoms with Crippen molar-refractivity contribution in [3.05, 3.63) is 29.3 Å². The molecule has 0 heterocycles. The molecular formula is C15H22N2O2. The van der Waals surface area contributed by atoms with Crippen molar-refractivity contribution < 1.29 is 9.59 Å². The summed E-state index contributed by atoms with van der Waals surface area (Å²) in [6, 6.07) is 5.65. The molecule has 0 fully saturated rings. The second-order valence-electron chi connectivity index (χ2n) is 4.90. The summed E-state index contributed by atoms with van der Waals surface area (Å²) in [7, 11) is 0. The van der Waals surface area contributed by atoms with Gasteiger partial charge in [-0.2, -0.15) is 0 Å². The zero-order valence-electron chi connectivity index (χ0n) is 12.1. The second-order valence-corrected chi connectivity index (χ2v) is 4.90. The Morgan fingerprint density at radius 3 is 2.58 bits per heavy atom. The third-order valence-corrected chi connectivity index (χ3v) is 2.86. The van der Waals surface area contributed by atoms with Crippen molar-refractivity contribution in [1.82, 2.24) is 5.32 Å². The largest absolute Gasteiger partial charge is 0.362 e. The highest BCUT2D eigenvalue weighted by molar-refractivity contribution is 5.82. The monoisotopic (exact) mass is 262 g/mol. The summed E-state index contributed by atoms with van der Waals surface area (Å²) in [6.07, 6.45) is 0.832. The molecule has 4 nitrogen and oxygen atoms in total. The van der Waals surface area contributed by atoms with E-state index < -0.39 is 0 Å². The minimum atomic E-state index is 0.00992. The van der Waals surface area contributed by atoms with E-state index in [2.05, 4.69) is 5.32 Å². The number of benzene rings is 1. The van der Waals surface area contributed by atoms with Gasteiger partial charge in [-0.3, -0.25) is 9.59 Å². The SMILES string of the molecule is CCN(CC(=O)NC(C)C)c1ccc(C=O)cc1C. The molecule has 1 aromatic rings. The van der Waals surface area contributed by atoms with E-state index in [4.69, 9.17) is 0 Å². The number of hydrogen-bond acceptors (Lipinski definition) is 3. The highest BCUT2D eigenvalue weighted by atomic mass is 16.2. The number of amides is 1. The van der Waals surface area contributed by atoms with Crippen molar-refractivity contribution in [2.75, 3.05) is 18.0 Å². The lowest BCUT2D eigenvalue weighted by Crippen LogP contribution is -2.40. The smallest absolute Gasteiger partial charge is 0.239 e. The highest BCUT2D eigenvalue weighted by Crippen LogP contribution is 2.20. The standard InChI is InChI=1S/C15H22N2O2/c1-5-17(9-15(19)16-11(2)3)14-7-6-13(10-18)8-12(14)4/h6-8,10-11H,5,9H2,1-4H3,(H,16,19). The maximum Gasteiger partial charge on any atom is 0.239 e. The third kappa shape index (κ3) is 4.39. The van der Waals surface area contributed by atoms with E-state index in [-0.39, 0.29) is 11.9 Å². The molecule has 0 unspecified atom stereocenters. The van der Waals surface area contributed by atoms with Crippen LogP contribution in [-0.2, 0) is 4.79 Å². The number of anilines is 1. The van der Waals surface area contributed by atoms with Crippen LogP contribution in [0.4, 0.5) is 5.69 Å². The number of carbonyl (C=O) groups is 2. The number of rotatable bonds is 6. The van der Waals surface area contributed by atoms with E-state index >= 15 is 0 Å². The molecule has 0 spiro atoms. The molecule has 0 bridgehead atoms. The van der Waals surface area contributed by atoms with Gasteiger partial charge >= 0.3 is 0 Å². The molecule has 104 valence electrons. The highest BCUT2D eigenvalue weighted by Gasteiger charge is 2.12. The average molecular weight is 262 g/mol. The summed E-state index contributed by atoms with van der Waals surface area (Å²) in [6.45, 7) is 8.92. The van der Waals surface area contributed by atoms with Crippen molar-refractivity contribution in [2.24, 2.45) is 0 Å². The first-order chi connectivity index (χ1) is 8.97. The van der Waals surface area contributed by atoms with Crippen LogP contribution in [-0.4, -0.2) is 31.3 Å². The van der Waals surface area contributed by atoms with Gasteiger partial charge in [-0.25, -0.2) is 0 Å². The molecule has 0 atom stereocenters. The summed E-state index contributed by atoms with van der Waals surface area (Å²) >= 11 is 0. The molecular weight excluding hydrogens is 240 g/mol. The Hall–Kier alpha value is -1.84. The van der Waals surface area contributed by atoms with Crippen molar-refractivity contribution in [1.29, 1.82) is 0 Å². The summed E-state index contributed by atoms with van der Waals surface area (Å²) in [5.41, 5.74) is 2.65. The fourth-order valence-electron chi connectivity index (χ4n) is 2.02. The van der Waals surface area contributed by atoms with E-state index in [1.807, 2.05) is 44.7 Å². The van der Waals surface area contributed by atoms with Crippen molar-refractivity contribution >= 4 is 17.9 Å². The Kier molecular flexibility index (Phi) is 5.55. The number of hydrogen-bond donors (Lipinski definition) is 1. The summed E-state index contributed by atoms with van der Waals surface area (Å²) in [5.74, 6) is 0.00992. The topological polar surface area (TPSA) is 49.4 Å². The lowest BCUT2D eigenvalue weighted by atomic mass is 10.1. The van der Waals surface area contributed by atoms with Crippen LogP contribution in [0, 0.1) is 6.92 Å². The van der Waals surface area contributed by atoms with Crippen LogP contribution >= 0.6 is 0 Å². The zero-order chi connectivity index (χ0) is 14.4. The predicted octanol–water partition coefficient (Wildman–Crippen LogP) is 2.16. The third-order valence-electron chi connectivity index (χ3n) is 2.86. The van der Waals surface area contributed by atoms with E-state index in [1.54, 1.807) is 6.07 Å². The number of nitrogens with zero attached hydrogens (tertiary/aromatic N) is 1. The summed E-state index contributed by atoms with van der Waals surface area (Å²) < 4.78 is 0. The maximum absolute atomic E-state index is 11.8. The van der Waals surface area contributed by atoms with Gasteiger partial charge in [-0.1, -0.05) is 0 Å². The normalized spacial score (nSPS) is 10.4. The Morgan fingerprint density at radius 2 is 2.11 bits per heavy atom. The Labute approximate surface area is 114 Å². The zero-order valence-corrected chi connectivity index (χ0v) is 12.1. The molecule has 0 aliphatic heterocycles. The average Bonchev–Trinajstić information content (AvgIpc) is 2.35. The fraction of sp³-hybridized carbons (Fsp3) is 0.467. The molecule has 0 radical (unpaired) electrons. The van der Waals surface area contributed by atoms with Gasteiger partial charge in [0.1, 0.15) is 6.29 Å². The Bertz CT molecular complexity index is 455. The lowest BCUT2D eigenvalue weighted by Gasteiger charge is -2.25. The van der Waals surface area contributed by atoms with Crippen LogP contribution in [0.1, 0.15) is 36.7 Å². The molecule has 0 aliphatic carbocycles. The summed E-state index contributed by atoms with van der Waals surface area (Å²) in [5, 5.41) is 2.88. The van der Waals surface area contributed by atoms with Crippen molar-refractivity contribution in [2.45, 2.75) is 33.7 Å². The van der Waals surface area contributed by atoms with Crippen molar-refractivity contribution in [3.63, 3.8) is 0 Å².